The number of amides is 2. The molecule has 1 saturated carbocycles. The molecule has 4 nitrogen and oxygen atoms in total. The second-order valence-corrected chi connectivity index (χ2v) is 7.41. The first-order valence-corrected chi connectivity index (χ1v) is 9.66. The topological polar surface area (TPSA) is 58.2 Å². The third kappa shape index (κ3) is 5.80. The van der Waals surface area contributed by atoms with E-state index in [1.165, 1.54) is 0 Å². The summed E-state index contributed by atoms with van der Waals surface area (Å²) in [5, 5.41) is 6.49. The number of nitrogens with one attached hydrogen (secondary N) is 2. The van der Waals surface area contributed by atoms with Crippen LogP contribution in [0.4, 0.5) is 5.69 Å². The molecule has 0 saturated heterocycles. The normalized spacial score (nSPS) is 13.3. The minimum absolute atomic E-state index is 0.0566. The van der Waals surface area contributed by atoms with Gasteiger partial charge in [0, 0.05) is 28.1 Å². The van der Waals surface area contributed by atoms with Crippen molar-refractivity contribution in [3.8, 4) is 0 Å². The Bertz CT molecular complexity index is 743. The van der Waals surface area contributed by atoms with Crippen molar-refractivity contribution >= 4 is 40.9 Å². The fraction of sp³-hybridized carbons (Fsp3) is 0.263. The second-order valence-electron chi connectivity index (χ2n) is 5.99. The van der Waals surface area contributed by atoms with Crippen molar-refractivity contribution in [3.63, 3.8) is 0 Å². The molecule has 1 aliphatic carbocycles. The van der Waals surface area contributed by atoms with Crippen molar-refractivity contribution in [2.24, 2.45) is 0 Å². The molecule has 0 atom stereocenters. The van der Waals surface area contributed by atoms with Gasteiger partial charge in [0.25, 0.3) is 5.91 Å². The first-order valence-electron chi connectivity index (χ1n) is 8.13. The fourth-order valence-corrected chi connectivity index (χ4v) is 3.15. The first-order chi connectivity index (χ1) is 12.1. The summed E-state index contributed by atoms with van der Waals surface area (Å²) in [4.78, 5) is 23.9. The van der Waals surface area contributed by atoms with Gasteiger partial charge in [-0.3, -0.25) is 9.59 Å². The molecule has 0 aliphatic heterocycles. The number of hydrogen-bond donors (Lipinski definition) is 2. The maximum Gasteiger partial charge on any atom is 0.251 e. The van der Waals surface area contributed by atoms with E-state index in [0.29, 0.717) is 28.1 Å². The number of carbonyl (C=O) groups is 2. The van der Waals surface area contributed by atoms with Gasteiger partial charge in [0.15, 0.2) is 0 Å². The highest BCUT2D eigenvalue weighted by atomic mass is 35.5. The summed E-state index contributed by atoms with van der Waals surface area (Å²) in [5.74, 6) is 1.00. The Balaban J connectivity index is 1.42. The largest absolute Gasteiger partial charge is 0.349 e. The molecule has 130 valence electrons. The van der Waals surface area contributed by atoms with Crippen molar-refractivity contribution in [2.75, 3.05) is 11.1 Å². The first kappa shape index (κ1) is 17.8. The average Bonchev–Trinajstić information content (AvgIpc) is 3.41. The van der Waals surface area contributed by atoms with Crippen LogP contribution in [0.5, 0.6) is 0 Å². The van der Waals surface area contributed by atoms with Crippen LogP contribution >= 0.6 is 23.4 Å². The van der Waals surface area contributed by atoms with Crippen molar-refractivity contribution in [1.29, 1.82) is 0 Å². The number of thioether (sulfide) groups is 1. The van der Waals surface area contributed by atoms with E-state index in [0.717, 1.165) is 24.2 Å². The van der Waals surface area contributed by atoms with Gasteiger partial charge in [-0.1, -0.05) is 23.7 Å². The minimum atomic E-state index is -0.0610. The maximum absolute atomic E-state index is 12.0. The lowest BCUT2D eigenvalue weighted by molar-refractivity contribution is -0.113. The van der Waals surface area contributed by atoms with E-state index in [9.17, 15) is 9.59 Å². The van der Waals surface area contributed by atoms with Crippen molar-refractivity contribution in [3.05, 3.63) is 64.7 Å². The van der Waals surface area contributed by atoms with E-state index >= 15 is 0 Å². The van der Waals surface area contributed by atoms with Gasteiger partial charge in [0.2, 0.25) is 5.91 Å². The zero-order valence-electron chi connectivity index (χ0n) is 13.6. The van der Waals surface area contributed by atoms with Gasteiger partial charge in [-0.15, -0.1) is 11.8 Å². The second kappa shape index (κ2) is 8.41. The van der Waals surface area contributed by atoms with E-state index < -0.39 is 0 Å². The number of rotatable bonds is 7. The minimum Gasteiger partial charge on any atom is -0.349 e. The van der Waals surface area contributed by atoms with Gasteiger partial charge in [0.1, 0.15) is 0 Å². The highest BCUT2D eigenvalue weighted by molar-refractivity contribution is 7.99. The van der Waals surface area contributed by atoms with Crippen LogP contribution in [-0.2, 0) is 10.5 Å². The van der Waals surface area contributed by atoms with E-state index in [4.69, 9.17) is 11.6 Å². The lowest BCUT2D eigenvalue weighted by Gasteiger charge is -2.07. The molecule has 0 spiro atoms. The summed E-state index contributed by atoms with van der Waals surface area (Å²) in [5.41, 5.74) is 2.44. The molecule has 1 aliphatic rings. The Morgan fingerprint density at radius 1 is 1.04 bits per heavy atom. The Morgan fingerprint density at radius 3 is 2.36 bits per heavy atom. The molecule has 1 fully saturated rings. The molecule has 2 amide bonds. The average molecular weight is 375 g/mol. The van der Waals surface area contributed by atoms with Crippen molar-refractivity contribution in [1.82, 2.24) is 5.32 Å². The van der Waals surface area contributed by atoms with E-state index in [1.807, 2.05) is 24.3 Å². The maximum atomic E-state index is 12.0. The summed E-state index contributed by atoms with van der Waals surface area (Å²) < 4.78 is 0. The third-order valence-corrected chi connectivity index (χ3v) is 5.01. The zero-order chi connectivity index (χ0) is 17.6. The Morgan fingerprint density at radius 2 is 1.72 bits per heavy atom. The molecule has 2 aromatic carbocycles. The third-order valence-electron chi connectivity index (χ3n) is 3.76. The molecule has 2 aromatic rings. The van der Waals surface area contributed by atoms with Crippen LogP contribution in [0.25, 0.3) is 0 Å². The van der Waals surface area contributed by atoms with Crippen LogP contribution in [0.1, 0.15) is 28.8 Å². The van der Waals surface area contributed by atoms with Crippen LogP contribution in [-0.4, -0.2) is 23.6 Å². The fourth-order valence-electron chi connectivity index (χ4n) is 2.24. The van der Waals surface area contributed by atoms with Gasteiger partial charge in [-0.05, 0) is 54.8 Å². The molecule has 3 rings (SSSR count). The number of benzene rings is 2. The number of anilines is 1. The molecular weight excluding hydrogens is 356 g/mol. The van der Waals surface area contributed by atoms with Crippen LogP contribution < -0.4 is 10.6 Å². The molecule has 6 heteroatoms. The predicted octanol–water partition coefficient (Wildman–Crippen LogP) is 4.10. The molecule has 2 N–H and O–H groups in total. The molecule has 0 radical (unpaired) electrons. The van der Waals surface area contributed by atoms with E-state index in [2.05, 4.69) is 10.6 Å². The van der Waals surface area contributed by atoms with E-state index in [1.54, 1.807) is 36.0 Å². The summed E-state index contributed by atoms with van der Waals surface area (Å²) in [6.07, 6.45) is 2.13. The van der Waals surface area contributed by atoms with Gasteiger partial charge in [-0.2, -0.15) is 0 Å². The summed E-state index contributed by atoms with van der Waals surface area (Å²) >= 11 is 7.39. The Kier molecular flexibility index (Phi) is 6.00. The van der Waals surface area contributed by atoms with Crippen molar-refractivity contribution < 1.29 is 9.59 Å². The predicted molar refractivity (Wildman–Crippen MR) is 103 cm³/mol. The standard InChI is InChI=1S/C19H19ClN2O2S/c20-15-5-1-13(2-6-15)11-25-12-18(23)21-16-7-3-14(4-8-16)19(24)22-17-9-10-17/h1-8,17H,9-12H2,(H,21,23)(H,22,24). The molecule has 0 bridgehead atoms. The molecule has 0 unspecified atom stereocenters. The van der Waals surface area contributed by atoms with Crippen LogP contribution in [0.2, 0.25) is 5.02 Å². The number of hydrogen-bond acceptors (Lipinski definition) is 3. The number of carbonyl (C=O) groups excluding carboxylic acids is 2. The Labute approximate surface area is 156 Å². The van der Waals surface area contributed by atoms with Crippen LogP contribution in [0, 0.1) is 0 Å². The van der Waals surface area contributed by atoms with Crippen molar-refractivity contribution in [2.45, 2.75) is 24.6 Å². The van der Waals surface area contributed by atoms with E-state index in [-0.39, 0.29) is 11.8 Å². The summed E-state index contributed by atoms with van der Waals surface area (Å²) in [7, 11) is 0. The summed E-state index contributed by atoms with van der Waals surface area (Å²) in [6, 6.07) is 14.9. The molecular formula is C19H19ClN2O2S. The highest BCUT2D eigenvalue weighted by Gasteiger charge is 2.23. The molecule has 25 heavy (non-hydrogen) atoms. The SMILES string of the molecule is O=C(CSCc1ccc(Cl)cc1)Nc1ccc(C(=O)NC2CC2)cc1. The molecule has 0 aromatic heterocycles. The monoisotopic (exact) mass is 374 g/mol. The molecule has 0 heterocycles. The van der Waals surface area contributed by atoms with Gasteiger partial charge < -0.3 is 10.6 Å². The lowest BCUT2D eigenvalue weighted by Crippen LogP contribution is -2.25. The van der Waals surface area contributed by atoms with Gasteiger partial charge in [0.05, 0.1) is 5.75 Å². The Hall–Kier alpha value is -1.98. The highest BCUT2D eigenvalue weighted by Crippen LogP contribution is 2.20. The lowest BCUT2D eigenvalue weighted by atomic mass is 10.2. The smallest absolute Gasteiger partial charge is 0.251 e. The zero-order valence-corrected chi connectivity index (χ0v) is 15.2. The number of halogens is 1. The van der Waals surface area contributed by atoms with Gasteiger partial charge in [-0.25, -0.2) is 0 Å². The quantitative estimate of drug-likeness (QED) is 0.766. The van der Waals surface area contributed by atoms with Crippen LogP contribution in [0.15, 0.2) is 48.5 Å². The summed E-state index contributed by atoms with van der Waals surface area (Å²) in [6.45, 7) is 0. The van der Waals surface area contributed by atoms with Gasteiger partial charge >= 0.3 is 0 Å². The van der Waals surface area contributed by atoms with Crippen LogP contribution in [0.3, 0.4) is 0 Å².